The summed E-state index contributed by atoms with van der Waals surface area (Å²) >= 11 is 0. The molecule has 1 heterocycles. The van der Waals surface area contributed by atoms with Gasteiger partial charge in [-0.15, -0.1) is 0 Å². The third kappa shape index (κ3) is 4.02. The van der Waals surface area contributed by atoms with Crippen molar-refractivity contribution in [2.75, 3.05) is 20.8 Å². The van der Waals surface area contributed by atoms with Gasteiger partial charge in [0.1, 0.15) is 5.76 Å². The van der Waals surface area contributed by atoms with Gasteiger partial charge in [-0.2, -0.15) is 0 Å². The van der Waals surface area contributed by atoms with Crippen LogP contribution in [0.4, 0.5) is 0 Å². The van der Waals surface area contributed by atoms with E-state index in [1.165, 1.54) is 26.4 Å². The molecule has 23 heavy (non-hydrogen) atoms. The van der Waals surface area contributed by atoms with Crippen LogP contribution in [0.3, 0.4) is 0 Å². The van der Waals surface area contributed by atoms with Gasteiger partial charge in [-0.1, -0.05) is 0 Å². The first kappa shape index (κ1) is 17.3. The molecule has 0 bridgehead atoms. The average molecular weight is 340 g/mol. The highest BCUT2D eigenvalue weighted by Crippen LogP contribution is 2.29. The number of hydrogen-bond donors (Lipinski definition) is 1. The molecular formula is C15H20N2O5S. The molecule has 2 rings (SSSR count). The van der Waals surface area contributed by atoms with Crippen molar-refractivity contribution >= 4 is 10.0 Å². The number of aryl methyl sites for hydroxylation is 2. The largest absolute Gasteiger partial charge is 0.493 e. The van der Waals surface area contributed by atoms with E-state index < -0.39 is 10.0 Å². The van der Waals surface area contributed by atoms with E-state index in [1.54, 1.807) is 13.0 Å². The minimum atomic E-state index is -3.64. The van der Waals surface area contributed by atoms with E-state index in [2.05, 4.69) is 9.71 Å². The van der Waals surface area contributed by atoms with Crippen LogP contribution in [0.2, 0.25) is 0 Å². The van der Waals surface area contributed by atoms with Gasteiger partial charge in [0.15, 0.2) is 17.4 Å². The summed E-state index contributed by atoms with van der Waals surface area (Å²) in [7, 11) is -0.695. The Morgan fingerprint density at radius 1 is 1.17 bits per heavy atom. The highest BCUT2D eigenvalue weighted by Gasteiger charge is 2.17. The molecule has 1 N–H and O–H groups in total. The van der Waals surface area contributed by atoms with Crippen molar-refractivity contribution in [3.8, 4) is 11.5 Å². The summed E-state index contributed by atoms with van der Waals surface area (Å²) in [5.41, 5.74) is 0.771. The average Bonchev–Trinajstić information content (AvgIpc) is 2.84. The molecule has 0 radical (unpaired) electrons. The topological polar surface area (TPSA) is 90.7 Å². The molecule has 0 atom stereocenters. The van der Waals surface area contributed by atoms with Crippen LogP contribution < -0.4 is 14.2 Å². The zero-order valence-corrected chi connectivity index (χ0v) is 14.4. The molecule has 0 aliphatic rings. The molecule has 0 fully saturated rings. The van der Waals surface area contributed by atoms with Crippen LogP contribution >= 0.6 is 0 Å². The lowest BCUT2D eigenvalue weighted by Crippen LogP contribution is -2.26. The van der Waals surface area contributed by atoms with Crippen LogP contribution in [0.25, 0.3) is 0 Å². The highest BCUT2D eigenvalue weighted by atomic mass is 32.2. The smallest absolute Gasteiger partial charge is 0.240 e. The van der Waals surface area contributed by atoms with Crippen LogP contribution in [0, 0.1) is 13.8 Å². The molecule has 0 aliphatic heterocycles. The molecule has 0 spiro atoms. The Morgan fingerprint density at radius 2 is 1.87 bits per heavy atom. The number of nitrogens with one attached hydrogen (secondary N) is 1. The van der Waals surface area contributed by atoms with E-state index in [-0.39, 0.29) is 11.4 Å². The summed E-state index contributed by atoms with van der Waals surface area (Å²) in [6, 6.07) is 4.44. The number of ether oxygens (including phenoxy) is 2. The predicted octanol–water partition coefficient (Wildman–Crippen LogP) is 1.83. The summed E-state index contributed by atoms with van der Waals surface area (Å²) < 4.78 is 42.8. The first-order valence-electron chi connectivity index (χ1n) is 7.02. The number of hydrogen-bond acceptors (Lipinski definition) is 6. The molecule has 1 aromatic heterocycles. The molecular weight excluding hydrogens is 320 g/mol. The fraction of sp³-hybridized carbons (Fsp3) is 0.400. The van der Waals surface area contributed by atoms with Gasteiger partial charge in [-0.05, 0) is 19.1 Å². The first-order chi connectivity index (χ1) is 10.9. The van der Waals surface area contributed by atoms with Crippen molar-refractivity contribution in [2.45, 2.75) is 25.2 Å². The molecule has 0 aliphatic carbocycles. The minimum Gasteiger partial charge on any atom is -0.493 e. The zero-order chi connectivity index (χ0) is 17.0. The number of sulfonamides is 1. The van der Waals surface area contributed by atoms with E-state index in [1.807, 2.05) is 6.92 Å². The Morgan fingerprint density at radius 3 is 2.43 bits per heavy atom. The highest BCUT2D eigenvalue weighted by molar-refractivity contribution is 7.89. The standard InChI is InChI=1S/C15H20N2O5S/c1-10-13(22-11(2)17-10)7-8-16-23(18,19)12-5-6-14(20-3)15(9-12)21-4/h5-6,9,16H,7-8H2,1-4H3. The SMILES string of the molecule is COc1ccc(S(=O)(=O)NCCc2oc(C)nc2C)cc1OC. The number of benzene rings is 1. The van der Waals surface area contributed by atoms with Crippen molar-refractivity contribution < 1.29 is 22.3 Å². The van der Waals surface area contributed by atoms with Gasteiger partial charge < -0.3 is 13.9 Å². The Bertz CT molecular complexity index is 783. The normalized spacial score (nSPS) is 11.5. The van der Waals surface area contributed by atoms with Crippen molar-refractivity contribution in [3.05, 3.63) is 35.5 Å². The maximum Gasteiger partial charge on any atom is 0.240 e. The summed E-state index contributed by atoms with van der Waals surface area (Å²) in [6.07, 6.45) is 0.430. The third-order valence-corrected chi connectivity index (χ3v) is 4.77. The summed E-state index contributed by atoms with van der Waals surface area (Å²) in [6.45, 7) is 3.80. The summed E-state index contributed by atoms with van der Waals surface area (Å²) in [5, 5.41) is 0. The van der Waals surface area contributed by atoms with Crippen LogP contribution in [-0.4, -0.2) is 34.2 Å². The predicted molar refractivity (Wildman–Crippen MR) is 84.4 cm³/mol. The third-order valence-electron chi connectivity index (χ3n) is 3.31. The molecule has 126 valence electrons. The second-order valence-electron chi connectivity index (χ2n) is 4.91. The summed E-state index contributed by atoms with van der Waals surface area (Å²) in [4.78, 5) is 4.26. The maximum atomic E-state index is 12.3. The Labute approximate surface area is 135 Å². The van der Waals surface area contributed by atoms with E-state index >= 15 is 0 Å². The van der Waals surface area contributed by atoms with Gasteiger partial charge in [0, 0.05) is 26.0 Å². The van der Waals surface area contributed by atoms with E-state index in [4.69, 9.17) is 13.9 Å². The number of methoxy groups -OCH3 is 2. The molecule has 0 unspecified atom stereocenters. The van der Waals surface area contributed by atoms with E-state index in [0.29, 0.717) is 29.6 Å². The second kappa shape index (κ2) is 7.01. The van der Waals surface area contributed by atoms with Gasteiger partial charge in [0.25, 0.3) is 0 Å². The monoisotopic (exact) mass is 340 g/mol. The van der Waals surface area contributed by atoms with Gasteiger partial charge in [-0.25, -0.2) is 18.1 Å². The van der Waals surface area contributed by atoms with Crippen LogP contribution in [0.5, 0.6) is 11.5 Å². The molecule has 7 nitrogen and oxygen atoms in total. The van der Waals surface area contributed by atoms with E-state index in [0.717, 1.165) is 5.69 Å². The molecule has 0 saturated heterocycles. The van der Waals surface area contributed by atoms with Crippen molar-refractivity contribution in [1.29, 1.82) is 0 Å². The molecule has 0 saturated carbocycles. The zero-order valence-electron chi connectivity index (χ0n) is 13.5. The second-order valence-corrected chi connectivity index (χ2v) is 6.67. The number of nitrogens with zero attached hydrogens (tertiary/aromatic N) is 1. The summed E-state index contributed by atoms with van der Waals surface area (Å²) in [5.74, 6) is 2.08. The molecule has 2 aromatic rings. The van der Waals surface area contributed by atoms with Gasteiger partial charge in [0.2, 0.25) is 10.0 Å². The molecule has 0 amide bonds. The Hall–Kier alpha value is -2.06. The lowest BCUT2D eigenvalue weighted by Gasteiger charge is -2.10. The van der Waals surface area contributed by atoms with Crippen molar-refractivity contribution in [1.82, 2.24) is 9.71 Å². The van der Waals surface area contributed by atoms with Crippen LogP contribution in [0.1, 0.15) is 17.3 Å². The first-order valence-corrected chi connectivity index (χ1v) is 8.50. The van der Waals surface area contributed by atoms with Crippen molar-refractivity contribution in [2.24, 2.45) is 0 Å². The number of oxazole rings is 1. The van der Waals surface area contributed by atoms with Crippen molar-refractivity contribution in [3.63, 3.8) is 0 Å². The van der Waals surface area contributed by atoms with Gasteiger partial charge in [0.05, 0.1) is 24.8 Å². The van der Waals surface area contributed by atoms with Crippen LogP contribution in [-0.2, 0) is 16.4 Å². The van der Waals surface area contributed by atoms with Gasteiger partial charge in [-0.3, -0.25) is 0 Å². The van der Waals surface area contributed by atoms with Crippen LogP contribution in [0.15, 0.2) is 27.5 Å². The Kier molecular flexibility index (Phi) is 5.27. The van der Waals surface area contributed by atoms with Gasteiger partial charge >= 0.3 is 0 Å². The quantitative estimate of drug-likeness (QED) is 0.827. The molecule has 1 aromatic carbocycles. The lowest BCUT2D eigenvalue weighted by molar-refractivity contribution is 0.354. The number of rotatable bonds is 7. The fourth-order valence-corrected chi connectivity index (χ4v) is 3.22. The van der Waals surface area contributed by atoms with E-state index in [9.17, 15) is 8.42 Å². The lowest BCUT2D eigenvalue weighted by atomic mass is 10.3. The minimum absolute atomic E-state index is 0.112. The fourth-order valence-electron chi connectivity index (χ4n) is 2.17. The number of aromatic nitrogens is 1. The maximum absolute atomic E-state index is 12.3. The molecule has 8 heteroatoms. The Balaban J connectivity index is 2.08.